The number of aromatic nitrogens is 3. The number of fused-ring (bicyclic) bond motifs is 3. The van der Waals surface area contributed by atoms with E-state index >= 15 is 8.78 Å². The van der Waals surface area contributed by atoms with Crippen molar-refractivity contribution in [3.63, 3.8) is 0 Å². The number of nitrogens with zero attached hydrogens (tertiary/aromatic N) is 3. The van der Waals surface area contributed by atoms with Crippen LogP contribution in [0.15, 0.2) is 54.7 Å². The average molecular weight is 630 g/mol. The van der Waals surface area contributed by atoms with Gasteiger partial charge in [-0.1, -0.05) is 12.1 Å². The van der Waals surface area contributed by atoms with Gasteiger partial charge in [0.1, 0.15) is 35.4 Å². The summed E-state index contributed by atoms with van der Waals surface area (Å²) in [6.45, 7) is 0.507. The van der Waals surface area contributed by atoms with Crippen molar-refractivity contribution in [2.75, 3.05) is 0 Å². The van der Waals surface area contributed by atoms with Crippen LogP contribution in [-0.2, 0) is 17.3 Å². The molecule has 2 aliphatic rings. The van der Waals surface area contributed by atoms with E-state index in [9.17, 15) is 31.5 Å². The lowest BCUT2D eigenvalue weighted by Gasteiger charge is -2.19. The number of primary amides is 1. The highest BCUT2D eigenvalue weighted by molar-refractivity contribution is 6.00. The lowest BCUT2D eigenvalue weighted by Crippen LogP contribution is -2.30. The first-order chi connectivity index (χ1) is 21.3. The summed E-state index contributed by atoms with van der Waals surface area (Å²) >= 11 is 0. The minimum absolute atomic E-state index is 0.0133. The Morgan fingerprint density at radius 1 is 1.09 bits per heavy atom. The molecule has 0 radical (unpaired) electrons. The van der Waals surface area contributed by atoms with E-state index in [1.165, 1.54) is 31.3 Å². The Labute approximate surface area is 250 Å². The molecule has 1 saturated carbocycles. The summed E-state index contributed by atoms with van der Waals surface area (Å²) in [4.78, 5) is 29.6. The number of pyridine rings is 1. The molecule has 45 heavy (non-hydrogen) atoms. The first-order valence-corrected chi connectivity index (χ1v) is 13.6. The zero-order valence-electron chi connectivity index (χ0n) is 23.2. The van der Waals surface area contributed by atoms with Crippen LogP contribution in [0.3, 0.4) is 0 Å². The number of nitrogens with two attached hydrogens (primary N) is 1. The molecular formula is C31H22F7N5O2. The van der Waals surface area contributed by atoms with Crippen molar-refractivity contribution in [2.45, 2.75) is 38.2 Å². The molecule has 0 aliphatic heterocycles. The van der Waals surface area contributed by atoms with Gasteiger partial charge >= 0.3 is 0 Å². The molecule has 2 aromatic carbocycles. The van der Waals surface area contributed by atoms with Crippen LogP contribution < -0.4 is 11.1 Å². The minimum Gasteiger partial charge on any atom is -0.366 e. The van der Waals surface area contributed by atoms with Crippen molar-refractivity contribution in [3.8, 4) is 11.1 Å². The van der Waals surface area contributed by atoms with E-state index in [1.807, 2.05) is 0 Å². The van der Waals surface area contributed by atoms with Gasteiger partial charge in [-0.15, -0.1) is 0 Å². The standard InChI is InChI=1S/C31H22F7N5O2/c1-13(15-7-16(32)10-17(33)8-15)25(26-18(3-2-6-40-26)14-4-5-22(34)20(9-14)30(39)45)41-23(44)12-43-28-24(27(42-43)29(35)36)19-11-21(19)31(28,37)38/h2-10,19,21,29H,11-12H2,1H3,(H2,39,45)(H,41,44)/b25-13+/t19-,21+/m0/s1. The zero-order chi connectivity index (χ0) is 32.4. The van der Waals surface area contributed by atoms with Crippen molar-refractivity contribution >= 4 is 23.1 Å². The third-order valence-corrected chi connectivity index (χ3v) is 7.98. The molecule has 2 atom stereocenters. The first kappa shape index (κ1) is 30.0. The van der Waals surface area contributed by atoms with Crippen molar-refractivity contribution in [2.24, 2.45) is 11.7 Å². The van der Waals surface area contributed by atoms with E-state index in [0.717, 1.165) is 24.3 Å². The van der Waals surface area contributed by atoms with Crippen LogP contribution in [0.2, 0.25) is 0 Å². The number of allylic oxidation sites excluding steroid dienone is 1. The molecule has 4 aromatic rings. The van der Waals surface area contributed by atoms with Gasteiger partial charge in [0.2, 0.25) is 5.91 Å². The third kappa shape index (κ3) is 5.23. The summed E-state index contributed by atoms with van der Waals surface area (Å²) in [5.41, 5.74) is 3.40. The van der Waals surface area contributed by atoms with E-state index in [-0.39, 0.29) is 45.6 Å². The second kappa shape index (κ2) is 10.9. The first-order valence-electron chi connectivity index (χ1n) is 13.6. The summed E-state index contributed by atoms with van der Waals surface area (Å²) in [7, 11) is 0. The molecule has 2 amide bonds. The molecule has 2 aliphatic carbocycles. The zero-order valence-corrected chi connectivity index (χ0v) is 23.2. The Morgan fingerprint density at radius 2 is 1.80 bits per heavy atom. The number of halogens is 7. The fourth-order valence-corrected chi connectivity index (χ4v) is 5.86. The molecule has 2 heterocycles. The van der Waals surface area contributed by atoms with Gasteiger partial charge in [-0.3, -0.25) is 19.3 Å². The van der Waals surface area contributed by atoms with Crippen LogP contribution in [0.1, 0.15) is 64.3 Å². The van der Waals surface area contributed by atoms with E-state index in [0.29, 0.717) is 10.7 Å². The van der Waals surface area contributed by atoms with Crippen LogP contribution >= 0.6 is 0 Å². The van der Waals surface area contributed by atoms with Crippen LogP contribution in [0, 0.1) is 23.4 Å². The molecule has 0 unspecified atom stereocenters. The number of carbonyl (C=O) groups excluding carboxylic acids is 2. The van der Waals surface area contributed by atoms with Gasteiger partial charge in [0.05, 0.1) is 17.0 Å². The maximum Gasteiger partial charge on any atom is 0.293 e. The van der Waals surface area contributed by atoms with E-state index < -0.39 is 76.9 Å². The van der Waals surface area contributed by atoms with E-state index in [4.69, 9.17) is 5.73 Å². The third-order valence-electron chi connectivity index (χ3n) is 7.98. The van der Waals surface area contributed by atoms with Crippen LogP contribution in [-0.4, -0.2) is 26.6 Å². The van der Waals surface area contributed by atoms with Gasteiger partial charge in [0, 0.05) is 29.3 Å². The largest absolute Gasteiger partial charge is 0.366 e. The maximum atomic E-state index is 15.1. The average Bonchev–Trinajstić information content (AvgIpc) is 3.64. The molecule has 3 N–H and O–H groups in total. The Bertz CT molecular complexity index is 1900. The van der Waals surface area contributed by atoms with E-state index in [2.05, 4.69) is 15.4 Å². The highest BCUT2D eigenvalue weighted by Crippen LogP contribution is 2.68. The number of alkyl halides is 4. The van der Waals surface area contributed by atoms with E-state index in [1.54, 1.807) is 0 Å². The fourth-order valence-electron chi connectivity index (χ4n) is 5.86. The predicted octanol–water partition coefficient (Wildman–Crippen LogP) is 6.31. The monoisotopic (exact) mass is 629 g/mol. The summed E-state index contributed by atoms with van der Waals surface area (Å²) in [5.74, 6) is -10.2. The second-order valence-electron chi connectivity index (χ2n) is 10.8. The topological polar surface area (TPSA) is 103 Å². The van der Waals surface area contributed by atoms with Gasteiger partial charge in [-0.05, 0) is 66.3 Å². The van der Waals surface area contributed by atoms with Gasteiger partial charge in [0.15, 0.2) is 0 Å². The number of benzene rings is 2. The Morgan fingerprint density at radius 3 is 2.47 bits per heavy atom. The summed E-state index contributed by atoms with van der Waals surface area (Å²) < 4.78 is 101. The minimum atomic E-state index is -3.47. The molecule has 14 heteroatoms. The Kier molecular flexibility index (Phi) is 7.25. The summed E-state index contributed by atoms with van der Waals surface area (Å²) in [6.07, 6.45) is -1.78. The quantitative estimate of drug-likeness (QED) is 0.223. The molecule has 2 aromatic heterocycles. The van der Waals surface area contributed by atoms with Gasteiger partial charge in [-0.2, -0.15) is 13.9 Å². The Hall–Kier alpha value is -5.01. The van der Waals surface area contributed by atoms with Crippen LogP contribution in [0.25, 0.3) is 22.4 Å². The number of nitrogens with one attached hydrogen (secondary N) is 1. The van der Waals surface area contributed by atoms with Gasteiger partial charge in [-0.25, -0.2) is 22.0 Å². The molecule has 1 fully saturated rings. The molecule has 7 nitrogen and oxygen atoms in total. The van der Waals surface area contributed by atoms with Gasteiger partial charge in [0.25, 0.3) is 18.3 Å². The molecule has 6 rings (SSSR count). The lowest BCUT2D eigenvalue weighted by molar-refractivity contribution is -0.121. The highest BCUT2D eigenvalue weighted by atomic mass is 19.3. The fraction of sp³-hybridized carbons (Fsp3) is 0.226. The number of rotatable bonds is 8. The maximum absolute atomic E-state index is 15.1. The molecule has 0 saturated heterocycles. The second-order valence-corrected chi connectivity index (χ2v) is 10.8. The summed E-state index contributed by atoms with van der Waals surface area (Å²) in [6, 6.07) is 9.06. The molecule has 0 spiro atoms. The van der Waals surface area contributed by atoms with Crippen molar-refractivity contribution in [1.29, 1.82) is 0 Å². The number of hydrogen-bond acceptors (Lipinski definition) is 4. The highest BCUT2D eigenvalue weighted by Gasteiger charge is 2.67. The summed E-state index contributed by atoms with van der Waals surface area (Å²) in [5, 5.41) is 6.20. The predicted molar refractivity (Wildman–Crippen MR) is 147 cm³/mol. The van der Waals surface area contributed by atoms with Crippen LogP contribution in [0.5, 0.6) is 0 Å². The number of hydrogen-bond donors (Lipinski definition) is 2. The molecule has 0 bridgehead atoms. The molecular weight excluding hydrogens is 607 g/mol. The van der Waals surface area contributed by atoms with Crippen LogP contribution in [0.4, 0.5) is 30.7 Å². The lowest BCUT2D eigenvalue weighted by atomic mass is 9.96. The molecule has 232 valence electrons. The smallest absolute Gasteiger partial charge is 0.293 e. The normalized spacial score (nSPS) is 18.3. The SMILES string of the molecule is C/C(=C(\NC(=O)Cn1nc(C(F)F)c2c1C(F)(F)[C@@H]1C[C@H]21)c1ncccc1-c1ccc(F)c(C(N)=O)c1)c1cc(F)cc(F)c1. The Balaban J connectivity index is 1.45. The van der Waals surface area contributed by atoms with Crippen molar-refractivity contribution < 1.29 is 40.3 Å². The van der Waals surface area contributed by atoms with Gasteiger partial charge < -0.3 is 11.1 Å². The van der Waals surface area contributed by atoms with Crippen molar-refractivity contribution in [3.05, 3.63) is 106 Å². The van der Waals surface area contributed by atoms with Crippen molar-refractivity contribution in [1.82, 2.24) is 20.1 Å². The number of amides is 2. The number of carbonyl (C=O) groups is 2.